The molecule has 31 heavy (non-hydrogen) atoms. The second-order valence-corrected chi connectivity index (χ2v) is 8.61. The van der Waals surface area contributed by atoms with Gasteiger partial charge >= 0.3 is 0 Å². The van der Waals surface area contributed by atoms with Gasteiger partial charge in [0.2, 0.25) is 11.8 Å². The standard InChI is InChI=1S/C22H17N5O3S/c28-21(26(17-11-5-2-6-12-17)15-16-9-3-1-4-10-16)20-23-22-25-31(29,30)19-14-8-7-13-18(19)27(22)24-20/h1-14H,15H2,(H,23,24,25). The maximum Gasteiger partial charge on any atom is 0.298 e. The first-order chi connectivity index (χ1) is 15.0. The molecule has 0 atom stereocenters. The third-order valence-electron chi connectivity index (χ3n) is 4.90. The molecule has 0 unspecified atom stereocenters. The fourth-order valence-electron chi connectivity index (χ4n) is 3.45. The summed E-state index contributed by atoms with van der Waals surface area (Å²) in [6.07, 6.45) is 0. The van der Waals surface area contributed by atoms with E-state index in [1.165, 1.54) is 10.7 Å². The Morgan fingerprint density at radius 2 is 1.55 bits per heavy atom. The molecule has 0 saturated heterocycles. The van der Waals surface area contributed by atoms with Gasteiger partial charge in [-0.05, 0) is 29.8 Å². The summed E-state index contributed by atoms with van der Waals surface area (Å²) in [7, 11) is -3.79. The molecule has 0 bridgehead atoms. The van der Waals surface area contributed by atoms with E-state index in [2.05, 4.69) is 14.8 Å². The highest BCUT2D eigenvalue weighted by atomic mass is 32.2. The number of hydrogen-bond acceptors (Lipinski definition) is 5. The molecule has 154 valence electrons. The van der Waals surface area contributed by atoms with Crippen molar-refractivity contribution in [2.75, 3.05) is 9.62 Å². The molecule has 1 aliphatic heterocycles. The van der Waals surface area contributed by atoms with Gasteiger partial charge in [0.05, 0.1) is 12.2 Å². The molecule has 1 N–H and O–H groups in total. The zero-order valence-electron chi connectivity index (χ0n) is 16.2. The molecule has 1 amide bonds. The van der Waals surface area contributed by atoms with Crippen LogP contribution in [0.5, 0.6) is 0 Å². The van der Waals surface area contributed by atoms with E-state index in [0.29, 0.717) is 17.9 Å². The number of amides is 1. The van der Waals surface area contributed by atoms with Crippen molar-refractivity contribution in [1.82, 2.24) is 14.8 Å². The maximum atomic E-state index is 13.5. The smallest absolute Gasteiger partial charge is 0.298 e. The van der Waals surface area contributed by atoms with E-state index in [-0.39, 0.29) is 16.7 Å². The molecule has 9 heteroatoms. The molecule has 0 aliphatic carbocycles. The van der Waals surface area contributed by atoms with Gasteiger partial charge < -0.3 is 4.90 Å². The molecule has 8 nitrogen and oxygen atoms in total. The minimum absolute atomic E-state index is 0.0187. The topological polar surface area (TPSA) is 97.2 Å². The Morgan fingerprint density at radius 1 is 0.903 bits per heavy atom. The summed E-state index contributed by atoms with van der Waals surface area (Å²) in [6.45, 7) is 0.315. The van der Waals surface area contributed by atoms with Gasteiger partial charge in [0, 0.05) is 5.69 Å². The maximum absolute atomic E-state index is 13.5. The van der Waals surface area contributed by atoms with Crippen molar-refractivity contribution in [3.8, 4) is 5.69 Å². The lowest BCUT2D eigenvalue weighted by Gasteiger charge is -2.21. The van der Waals surface area contributed by atoms with Gasteiger partial charge in [0.1, 0.15) is 4.90 Å². The highest BCUT2D eigenvalue weighted by Crippen LogP contribution is 2.29. The predicted octanol–water partition coefficient (Wildman–Crippen LogP) is 3.23. The second kappa shape index (κ2) is 7.37. The number of anilines is 2. The predicted molar refractivity (Wildman–Crippen MR) is 116 cm³/mol. The minimum atomic E-state index is -3.79. The van der Waals surface area contributed by atoms with Crippen molar-refractivity contribution >= 4 is 27.6 Å². The monoisotopic (exact) mass is 431 g/mol. The van der Waals surface area contributed by atoms with Gasteiger partial charge in [-0.2, -0.15) is 9.67 Å². The Morgan fingerprint density at radius 3 is 2.29 bits per heavy atom. The lowest BCUT2D eigenvalue weighted by molar-refractivity contribution is 0.0975. The SMILES string of the molecule is O=C(c1nc2n(n1)-c1ccccc1S(=O)(=O)N2)N(Cc1ccccc1)c1ccccc1. The number of benzene rings is 3. The van der Waals surface area contributed by atoms with E-state index >= 15 is 0 Å². The van der Waals surface area contributed by atoms with E-state index in [0.717, 1.165) is 5.56 Å². The van der Waals surface area contributed by atoms with Crippen molar-refractivity contribution < 1.29 is 13.2 Å². The molecule has 1 aliphatic rings. The van der Waals surface area contributed by atoms with Crippen molar-refractivity contribution in [3.05, 3.63) is 96.3 Å². The molecule has 0 spiro atoms. The van der Waals surface area contributed by atoms with Gasteiger partial charge in [-0.15, -0.1) is 5.10 Å². The molecule has 3 aromatic carbocycles. The molecule has 1 aromatic heterocycles. The molecule has 0 fully saturated rings. The Balaban J connectivity index is 1.57. The van der Waals surface area contributed by atoms with Crippen LogP contribution < -0.4 is 9.62 Å². The molecular formula is C22H17N5O3S. The van der Waals surface area contributed by atoms with Crippen molar-refractivity contribution in [1.29, 1.82) is 0 Å². The first kappa shape index (κ1) is 19.0. The number of fused-ring (bicyclic) bond motifs is 3. The average molecular weight is 431 g/mol. The number of carbonyl (C=O) groups is 1. The van der Waals surface area contributed by atoms with Crippen molar-refractivity contribution in [2.24, 2.45) is 0 Å². The summed E-state index contributed by atoms with van der Waals surface area (Å²) in [5, 5.41) is 4.33. The Hall–Kier alpha value is -3.98. The minimum Gasteiger partial charge on any atom is -0.301 e. The van der Waals surface area contributed by atoms with Gasteiger partial charge in [-0.3, -0.25) is 4.79 Å². The van der Waals surface area contributed by atoms with Gasteiger partial charge in [-0.1, -0.05) is 60.7 Å². The normalized spacial score (nSPS) is 13.5. The first-order valence-electron chi connectivity index (χ1n) is 9.53. The highest BCUT2D eigenvalue weighted by Gasteiger charge is 2.32. The van der Waals surface area contributed by atoms with Crippen LogP contribution in [-0.2, 0) is 16.6 Å². The molecule has 4 aromatic rings. The second-order valence-electron chi connectivity index (χ2n) is 6.96. The zero-order chi connectivity index (χ0) is 21.4. The van der Waals surface area contributed by atoms with Gasteiger partial charge in [-0.25, -0.2) is 13.1 Å². The van der Waals surface area contributed by atoms with Crippen LogP contribution in [0.2, 0.25) is 0 Å². The largest absolute Gasteiger partial charge is 0.301 e. The molecule has 2 heterocycles. The summed E-state index contributed by atoms with van der Waals surface area (Å²) < 4.78 is 28.8. The number of para-hydroxylation sites is 2. The van der Waals surface area contributed by atoms with Crippen LogP contribution in [0.3, 0.4) is 0 Å². The van der Waals surface area contributed by atoms with Gasteiger partial charge in [0.25, 0.3) is 15.9 Å². The third-order valence-corrected chi connectivity index (χ3v) is 6.28. The average Bonchev–Trinajstić information content (AvgIpc) is 3.22. The van der Waals surface area contributed by atoms with Gasteiger partial charge in [0.15, 0.2) is 0 Å². The number of nitrogens with zero attached hydrogens (tertiary/aromatic N) is 4. The van der Waals surface area contributed by atoms with Crippen molar-refractivity contribution in [3.63, 3.8) is 0 Å². The van der Waals surface area contributed by atoms with Crippen LogP contribution in [0.25, 0.3) is 5.69 Å². The molecule has 5 rings (SSSR count). The summed E-state index contributed by atoms with van der Waals surface area (Å²) >= 11 is 0. The quantitative estimate of drug-likeness (QED) is 0.535. The summed E-state index contributed by atoms with van der Waals surface area (Å²) in [5.74, 6) is -0.558. The molecular weight excluding hydrogens is 414 g/mol. The third kappa shape index (κ3) is 3.44. The van der Waals surface area contributed by atoms with Crippen LogP contribution in [0, 0.1) is 0 Å². The summed E-state index contributed by atoms with van der Waals surface area (Å²) in [6, 6.07) is 25.2. The van der Waals surface area contributed by atoms with E-state index in [1.54, 1.807) is 23.1 Å². The van der Waals surface area contributed by atoms with Crippen LogP contribution in [0.15, 0.2) is 89.8 Å². The number of hydrogen-bond donors (Lipinski definition) is 1. The lowest BCUT2D eigenvalue weighted by Crippen LogP contribution is -2.31. The first-order valence-corrected chi connectivity index (χ1v) is 11.0. The highest BCUT2D eigenvalue weighted by molar-refractivity contribution is 7.92. The van der Waals surface area contributed by atoms with Crippen LogP contribution >= 0.6 is 0 Å². The fraction of sp³-hybridized carbons (Fsp3) is 0.0455. The van der Waals surface area contributed by atoms with E-state index in [9.17, 15) is 13.2 Å². The number of nitrogens with one attached hydrogen (secondary N) is 1. The molecule has 0 radical (unpaired) electrons. The summed E-state index contributed by atoms with van der Waals surface area (Å²) in [5.41, 5.74) is 1.97. The van der Waals surface area contributed by atoms with Crippen molar-refractivity contribution in [2.45, 2.75) is 11.4 Å². The Bertz CT molecular complexity index is 1370. The Labute approximate surface area is 178 Å². The number of carbonyl (C=O) groups excluding carboxylic acids is 1. The summed E-state index contributed by atoms with van der Waals surface area (Å²) in [4.78, 5) is 19.3. The number of aromatic nitrogens is 3. The fourth-order valence-corrected chi connectivity index (χ4v) is 4.62. The number of sulfonamides is 1. The number of rotatable bonds is 4. The van der Waals surface area contributed by atoms with Crippen LogP contribution in [0.4, 0.5) is 11.6 Å². The van der Waals surface area contributed by atoms with Crippen LogP contribution in [0.1, 0.15) is 16.2 Å². The Kier molecular flexibility index (Phi) is 4.52. The lowest BCUT2D eigenvalue weighted by atomic mass is 10.2. The van der Waals surface area contributed by atoms with E-state index in [1.807, 2.05) is 60.7 Å². The van der Waals surface area contributed by atoms with Crippen LogP contribution in [-0.4, -0.2) is 29.1 Å². The zero-order valence-corrected chi connectivity index (χ0v) is 17.0. The van der Waals surface area contributed by atoms with E-state index < -0.39 is 15.9 Å². The van der Waals surface area contributed by atoms with E-state index in [4.69, 9.17) is 0 Å². The molecule has 0 saturated carbocycles.